The summed E-state index contributed by atoms with van der Waals surface area (Å²) in [6, 6.07) is 5.63. The second-order valence-corrected chi connectivity index (χ2v) is 3.59. The Morgan fingerprint density at radius 1 is 1.47 bits per heavy atom. The van der Waals surface area contributed by atoms with E-state index in [1.54, 1.807) is 0 Å². The Hall–Kier alpha value is -2.22. The summed E-state index contributed by atoms with van der Waals surface area (Å²) in [6.07, 6.45) is 0.715. The summed E-state index contributed by atoms with van der Waals surface area (Å²) in [5.74, 6) is -0.756. The van der Waals surface area contributed by atoms with Crippen LogP contribution in [0.4, 0.5) is 0 Å². The normalized spacial score (nSPS) is 9.65. The van der Waals surface area contributed by atoms with Crippen LogP contribution in [-0.4, -0.2) is 34.1 Å². The van der Waals surface area contributed by atoms with Gasteiger partial charge in [-0.2, -0.15) is 5.26 Å². The summed E-state index contributed by atoms with van der Waals surface area (Å²) in [7, 11) is 0. The Balaban J connectivity index is 3.00. The number of phenols is 2. The highest BCUT2D eigenvalue weighted by Crippen LogP contribution is 2.23. The van der Waals surface area contributed by atoms with Gasteiger partial charge in [0.25, 0.3) is 5.91 Å². The summed E-state index contributed by atoms with van der Waals surface area (Å²) in [6.45, 7) is 2.28. The standard InChI is InChI=1S/C12H14N2O3/c1-2-6-14(7-5-13)12(17)10-8-9(15)3-4-11(10)16/h3-4,8,15-16H,2,6-7H2,1H3. The van der Waals surface area contributed by atoms with E-state index in [0.29, 0.717) is 13.0 Å². The molecule has 90 valence electrons. The maximum absolute atomic E-state index is 12.0. The molecule has 1 amide bonds. The smallest absolute Gasteiger partial charge is 0.258 e. The molecule has 1 rings (SSSR count). The second-order valence-electron chi connectivity index (χ2n) is 3.59. The van der Waals surface area contributed by atoms with Crippen LogP contribution in [0.5, 0.6) is 11.5 Å². The van der Waals surface area contributed by atoms with Gasteiger partial charge in [0, 0.05) is 6.54 Å². The van der Waals surface area contributed by atoms with Gasteiger partial charge in [0.05, 0.1) is 11.6 Å². The third kappa shape index (κ3) is 3.11. The molecule has 0 radical (unpaired) electrons. The Bertz CT molecular complexity index is 452. The average molecular weight is 234 g/mol. The number of carbonyl (C=O) groups excluding carboxylic acids is 1. The average Bonchev–Trinajstić information content (AvgIpc) is 2.31. The van der Waals surface area contributed by atoms with Crippen LogP contribution in [0.1, 0.15) is 23.7 Å². The van der Waals surface area contributed by atoms with Gasteiger partial charge in [0.15, 0.2) is 0 Å². The molecule has 5 nitrogen and oxygen atoms in total. The number of hydrogen-bond donors (Lipinski definition) is 2. The number of nitriles is 1. The van der Waals surface area contributed by atoms with Crippen LogP contribution < -0.4 is 0 Å². The summed E-state index contributed by atoms with van der Waals surface area (Å²) < 4.78 is 0. The summed E-state index contributed by atoms with van der Waals surface area (Å²) in [5.41, 5.74) is 0.00806. The minimum Gasteiger partial charge on any atom is -0.508 e. The van der Waals surface area contributed by atoms with Crippen molar-refractivity contribution in [2.45, 2.75) is 13.3 Å². The fourth-order valence-corrected chi connectivity index (χ4v) is 1.47. The van der Waals surface area contributed by atoms with Gasteiger partial charge in [0.2, 0.25) is 0 Å². The molecule has 1 aromatic rings. The van der Waals surface area contributed by atoms with E-state index in [2.05, 4.69) is 0 Å². The van der Waals surface area contributed by atoms with E-state index in [-0.39, 0.29) is 23.6 Å². The number of benzene rings is 1. The second kappa shape index (κ2) is 5.75. The summed E-state index contributed by atoms with van der Waals surface area (Å²) in [5, 5.41) is 27.5. The molecule has 0 aromatic heterocycles. The zero-order valence-electron chi connectivity index (χ0n) is 9.55. The van der Waals surface area contributed by atoms with Gasteiger partial charge < -0.3 is 15.1 Å². The van der Waals surface area contributed by atoms with Gasteiger partial charge in [0.1, 0.15) is 18.0 Å². The predicted molar refractivity (Wildman–Crippen MR) is 61.6 cm³/mol. The van der Waals surface area contributed by atoms with E-state index in [9.17, 15) is 15.0 Å². The van der Waals surface area contributed by atoms with Crippen molar-refractivity contribution in [3.05, 3.63) is 23.8 Å². The van der Waals surface area contributed by atoms with E-state index < -0.39 is 5.91 Å². The minimum absolute atomic E-state index is 0.00806. The molecule has 0 aliphatic rings. The lowest BCUT2D eigenvalue weighted by atomic mass is 10.1. The molecule has 0 heterocycles. The Kier molecular flexibility index (Phi) is 4.35. The molecular formula is C12H14N2O3. The van der Waals surface area contributed by atoms with Gasteiger partial charge in [-0.1, -0.05) is 6.92 Å². The molecule has 0 spiro atoms. The largest absolute Gasteiger partial charge is 0.508 e. The molecule has 2 N–H and O–H groups in total. The van der Waals surface area contributed by atoms with Crippen LogP contribution in [0, 0.1) is 11.3 Å². The number of aromatic hydroxyl groups is 2. The topological polar surface area (TPSA) is 84.6 Å². The Morgan fingerprint density at radius 2 is 2.18 bits per heavy atom. The maximum Gasteiger partial charge on any atom is 0.258 e. The van der Waals surface area contributed by atoms with Crippen molar-refractivity contribution in [2.24, 2.45) is 0 Å². The third-order valence-corrected chi connectivity index (χ3v) is 2.25. The fourth-order valence-electron chi connectivity index (χ4n) is 1.47. The van der Waals surface area contributed by atoms with Gasteiger partial charge in [-0.05, 0) is 24.6 Å². The number of amides is 1. The highest BCUT2D eigenvalue weighted by molar-refractivity contribution is 5.97. The van der Waals surface area contributed by atoms with Crippen LogP contribution >= 0.6 is 0 Å². The molecule has 5 heteroatoms. The van der Waals surface area contributed by atoms with Gasteiger partial charge >= 0.3 is 0 Å². The van der Waals surface area contributed by atoms with E-state index in [1.807, 2.05) is 13.0 Å². The van der Waals surface area contributed by atoms with Crippen molar-refractivity contribution in [3.8, 4) is 17.6 Å². The zero-order valence-corrected chi connectivity index (χ0v) is 9.55. The molecule has 0 saturated carbocycles. The highest BCUT2D eigenvalue weighted by atomic mass is 16.3. The monoisotopic (exact) mass is 234 g/mol. The lowest BCUT2D eigenvalue weighted by Gasteiger charge is -2.19. The molecule has 0 unspecified atom stereocenters. The summed E-state index contributed by atoms with van der Waals surface area (Å²) in [4.78, 5) is 13.3. The number of carbonyl (C=O) groups is 1. The van der Waals surface area contributed by atoms with E-state index in [4.69, 9.17) is 5.26 Å². The first-order valence-corrected chi connectivity index (χ1v) is 5.28. The molecule has 0 bridgehead atoms. The molecule has 17 heavy (non-hydrogen) atoms. The highest BCUT2D eigenvalue weighted by Gasteiger charge is 2.18. The predicted octanol–water partition coefficient (Wildman–Crippen LogP) is 1.47. The van der Waals surface area contributed by atoms with Crippen LogP contribution in [-0.2, 0) is 0 Å². The van der Waals surface area contributed by atoms with Crippen molar-refractivity contribution in [2.75, 3.05) is 13.1 Å². The summed E-state index contributed by atoms with van der Waals surface area (Å²) >= 11 is 0. The molecule has 0 atom stereocenters. The van der Waals surface area contributed by atoms with Gasteiger partial charge in [-0.15, -0.1) is 0 Å². The lowest BCUT2D eigenvalue weighted by Crippen LogP contribution is -2.32. The number of hydrogen-bond acceptors (Lipinski definition) is 4. The lowest BCUT2D eigenvalue weighted by molar-refractivity contribution is 0.0772. The van der Waals surface area contributed by atoms with Crippen LogP contribution in [0.3, 0.4) is 0 Å². The fraction of sp³-hybridized carbons (Fsp3) is 0.333. The van der Waals surface area contributed by atoms with Crippen LogP contribution in [0.25, 0.3) is 0 Å². The van der Waals surface area contributed by atoms with Crippen LogP contribution in [0.2, 0.25) is 0 Å². The molecule has 1 aromatic carbocycles. The van der Waals surface area contributed by atoms with Crippen molar-refractivity contribution >= 4 is 5.91 Å². The quantitative estimate of drug-likeness (QED) is 0.610. The first-order chi connectivity index (χ1) is 8.10. The minimum atomic E-state index is -0.457. The van der Waals surface area contributed by atoms with Crippen molar-refractivity contribution < 1.29 is 15.0 Å². The van der Waals surface area contributed by atoms with E-state index in [0.717, 1.165) is 0 Å². The van der Waals surface area contributed by atoms with Crippen molar-refractivity contribution in [1.29, 1.82) is 5.26 Å². The van der Waals surface area contributed by atoms with Gasteiger partial charge in [-0.25, -0.2) is 0 Å². The van der Waals surface area contributed by atoms with Crippen LogP contribution in [0.15, 0.2) is 18.2 Å². The number of phenolic OH excluding ortho intramolecular Hbond substituents is 2. The number of nitrogens with zero attached hydrogens (tertiary/aromatic N) is 2. The Labute approximate surface area is 99.5 Å². The van der Waals surface area contributed by atoms with E-state index in [1.165, 1.54) is 23.1 Å². The van der Waals surface area contributed by atoms with Crippen molar-refractivity contribution in [3.63, 3.8) is 0 Å². The van der Waals surface area contributed by atoms with Gasteiger partial charge in [-0.3, -0.25) is 4.79 Å². The molecule has 0 fully saturated rings. The third-order valence-electron chi connectivity index (χ3n) is 2.25. The van der Waals surface area contributed by atoms with E-state index >= 15 is 0 Å². The first-order valence-electron chi connectivity index (χ1n) is 5.28. The maximum atomic E-state index is 12.0. The molecule has 0 aliphatic heterocycles. The first kappa shape index (κ1) is 12.8. The number of rotatable bonds is 4. The molecular weight excluding hydrogens is 220 g/mol. The Morgan fingerprint density at radius 3 is 2.76 bits per heavy atom. The molecule has 0 saturated heterocycles. The molecule has 0 aliphatic carbocycles. The SMILES string of the molecule is CCCN(CC#N)C(=O)c1cc(O)ccc1O. The van der Waals surface area contributed by atoms with Crippen molar-refractivity contribution in [1.82, 2.24) is 4.90 Å². The zero-order chi connectivity index (χ0) is 12.8.